The van der Waals surface area contributed by atoms with E-state index < -0.39 is 0 Å². The summed E-state index contributed by atoms with van der Waals surface area (Å²) in [6, 6.07) is 14.3. The Kier molecular flexibility index (Phi) is 6.09. The van der Waals surface area contributed by atoms with Crippen molar-refractivity contribution in [3.8, 4) is 34.4 Å². The summed E-state index contributed by atoms with van der Waals surface area (Å²) in [6.07, 6.45) is 7.09. The summed E-state index contributed by atoms with van der Waals surface area (Å²) in [4.78, 5) is 9.51. The van der Waals surface area contributed by atoms with E-state index in [9.17, 15) is 0 Å². The number of hydrogen-bond acceptors (Lipinski definition) is 6. The van der Waals surface area contributed by atoms with Crippen molar-refractivity contribution in [3.63, 3.8) is 0 Å². The zero-order valence-electron chi connectivity index (χ0n) is 19.9. The minimum absolute atomic E-state index is 0. The van der Waals surface area contributed by atoms with Gasteiger partial charge in [-0.25, -0.2) is 4.98 Å². The Morgan fingerprint density at radius 3 is 2.74 bits per heavy atom. The normalized spacial score (nSPS) is 16.2. The van der Waals surface area contributed by atoms with Crippen LogP contribution in [0.2, 0.25) is 0 Å². The topological polar surface area (TPSA) is 78.8 Å². The van der Waals surface area contributed by atoms with Crippen LogP contribution in [0.15, 0.2) is 55.1 Å². The van der Waals surface area contributed by atoms with E-state index in [-0.39, 0.29) is 13.5 Å². The molecule has 0 amide bonds. The number of nitrogens with zero attached hydrogens (tertiary/aromatic N) is 8. The number of pyridine rings is 1. The van der Waals surface area contributed by atoms with Crippen LogP contribution in [0.4, 0.5) is 5.82 Å². The van der Waals surface area contributed by atoms with Crippen molar-refractivity contribution in [2.75, 3.05) is 38.6 Å². The van der Waals surface area contributed by atoms with Gasteiger partial charge in [-0.15, -0.1) is 10.2 Å². The first kappa shape index (κ1) is 23.1. The van der Waals surface area contributed by atoms with Gasteiger partial charge in [0, 0.05) is 43.5 Å². The molecule has 0 unspecified atom stereocenters. The molecular weight excluding hydrogens is 456 g/mol. The summed E-state index contributed by atoms with van der Waals surface area (Å²) >= 11 is 0. The maximum absolute atomic E-state index is 9.11. The third-order valence-electron chi connectivity index (χ3n) is 6.81. The van der Waals surface area contributed by atoms with Crippen LogP contribution in [0.25, 0.3) is 28.3 Å². The van der Waals surface area contributed by atoms with Gasteiger partial charge in [0.05, 0.1) is 29.2 Å². The Labute approximate surface area is 211 Å². The summed E-state index contributed by atoms with van der Waals surface area (Å²) < 4.78 is 4.27. The summed E-state index contributed by atoms with van der Waals surface area (Å²) in [5.41, 5.74) is 6.07. The highest BCUT2D eigenvalue weighted by molar-refractivity contribution is 7.59. The first-order chi connectivity index (χ1) is 16.6. The largest absolute Gasteiger partial charge is 0.356 e. The average molecular weight is 485 g/mol. The molecule has 1 aromatic carbocycles. The molecule has 5 heterocycles. The zero-order valence-corrected chi connectivity index (χ0v) is 20.9. The molecule has 0 spiro atoms. The van der Waals surface area contributed by atoms with Crippen molar-refractivity contribution in [2.24, 2.45) is 5.92 Å². The van der Waals surface area contributed by atoms with Gasteiger partial charge < -0.3 is 14.4 Å². The van der Waals surface area contributed by atoms with Crippen molar-refractivity contribution in [1.29, 1.82) is 5.26 Å². The van der Waals surface area contributed by atoms with Crippen LogP contribution >= 0.6 is 13.5 Å². The van der Waals surface area contributed by atoms with E-state index in [1.807, 2.05) is 35.0 Å². The molecule has 1 fully saturated rings. The molecule has 35 heavy (non-hydrogen) atoms. The van der Waals surface area contributed by atoms with Gasteiger partial charge in [-0.05, 0) is 56.3 Å². The third-order valence-corrected chi connectivity index (χ3v) is 6.81. The first-order valence-electron chi connectivity index (χ1n) is 11.6. The molecule has 3 aromatic heterocycles. The van der Waals surface area contributed by atoms with Crippen LogP contribution < -0.4 is 4.90 Å². The predicted octanol–water partition coefficient (Wildman–Crippen LogP) is 3.53. The smallest absolute Gasteiger partial charge is 0.185 e. The van der Waals surface area contributed by atoms with Crippen LogP contribution in [0.5, 0.6) is 0 Å². The highest BCUT2D eigenvalue weighted by Crippen LogP contribution is 2.35. The van der Waals surface area contributed by atoms with Crippen LogP contribution in [0.1, 0.15) is 17.5 Å². The summed E-state index contributed by atoms with van der Waals surface area (Å²) in [5.74, 6) is 2.52. The lowest BCUT2D eigenvalue weighted by molar-refractivity contribution is 0.340. The van der Waals surface area contributed by atoms with Gasteiger partial charge in [-0.3, -0.25) is 4.57 Å². The second-order valence-corrected chi connectivity index (χ2v) is 9.49. The molecule has 9 heteroatoms. The van der Waals surface area contributed by atoms with Crippen molar-refractivity contribution in [3.05, 3.63) is 66.2 Å². The minimum atomic E-state index is 0. The van der Waals surface area contributed by atoms with E-state index in [1.54, 1.807) is 6.33 Å². The molecule has 0 aliphatic carbocycles. The first-order valence-corrected chi connectivity index (χ1v) is 11.6. The van der Waals surface area contributed by atoms with E-state index in [0.29, 0.717) is 11.5 Å². The van der Waals surface area contributed by atoms with Gasteiger partial charge in [-0.1, -0.05) is 12.1 Å². The molecule has 6 rings (SSSR count). The van der Waals surface area contributed by atoms with Gasteiger partial charge in [0.1, 0.15) is 12.1 Å². The molecule has 4 aromatic rings. The van der Waals surface area contributed by atoms with Crippen LogP contribution in [0, 0.1) is 17.2 Å². The number of aromatic nitrogens is 5. The number of hydrogen-bond donors (Lipinski definition) is 0. The van der Waals surface area contributed by atoms with Gasteiger partial charge in [0.25, 0.3) is 0 Å². The van der Waals surface area contributed by atoms with Crippen LogP contribution in [-0.2, 0) is 6.54 Å². The second-order valence-electron chi connectivity index (χ2n) is 9.49. The number of nitriles is 1. The van der Waals surface area contributed by atoms with Crippen LogP contribution in [0.3, 0.4) is 0 Å². The summed E-state index contributed by atoms with van der Waals surface area (Å²) in [7, 11) is 4.28. The lowest BCUT2D eigenvalue weighted by atomic mass is 10.1. The number of rotatable bonds is 4. The molecule has 178 valence electrons. The Hall–Kier alpha value is -3.61. The third kappa shape index (κ3) is 4.20. The van der Waals surface area contributed by atoms with E-state index in [0.717, 1.165) is 60.3 Å². The fourth-order valence-electron chi connectivity index (χ4n) is 5.19. The molecule has 0 bridgehead atoms. The summed E-state index contributed by atoms with van der Waals surface area (Å²) in [5, 5.41) is 17.8. The molecule has 8 nitrogen and oxygen atoms in total. The lowest BCUT2D eigenvalue weighted by Crippen LogP contribution is -2.26. The van der Waals surface area contributed by atoms with Crippen molar-refractivity contribution in [2.45, 2.75) is 13.0 Å². The highest BCUT2D eigenvalue weighted by Gasteiger charge is 2.27. The van der Waals surface area contributed by atoms with Crippen LogP contribution in [-0.4, -0.2) is 62.9 Å². The monoisotopic (exact) mass is 484 g/mol. The Morgan fingerprint density at radius 1 is 1.14 bits per heavy atom. The molecular formula is C26H28N8S. The van der Waals surface area contributed by atoms with E-state index >= 15 is 0 Å². The fraction of sp³-hybridized carbons (Fsp3) is 0.308. The minimum Gasteiger partial charge on any atom is -0.356 e. The van der Waals surface area contributed by atoms with Crippen molar-refractivity contribution < 1.29 is 0 Å². The second kappa shape index (κ2) is 9.21. The maximum atomic E-state index is 9.11. The predicted molar refractivity (Wildman–Crippen MR) is 141 cm³/mol. The zero-order chi connectivity index (χ0) is 23.2. The standard InChI is InChI=1S/C26H26N8.H2S/c1-31(2)13-19-7-8-32(14-19)25-10-22-16-33-15-21(20-5-3-18(11-27)4-6-20)9-23(33)26-30-29-17-34(26)24(22)12-28-25;/h3-6,9-10,12,15,17,19H,7-8,13-14,16H2,1-2H3;1H2/t19-;/m0./s1. The van der Waals surface area contributed by atoms with E-state index in [2.05, 4.69) is 63.1 Å². The summed E-state index contributed by atoms with van der Waals surface area (Å²) in [6.45, 7) is 3.92. The highest BCUT2D eigenvalue weighted by atomic mass is 32.1. The Balaban J connectivity index is 0.00000253. The SMILES string of the molecule is CN(C)C[C@@H]1CCN(c2cc3c(cn2)-n2cnnc2-c2cc(-c4ccc(C#N)cc4)cn2C3)C1.S. The molecule has 0 saturated carbocycles. The molecule has 1 saturated heterocycles. The number of benzene rings is 1. The van der Waals surface area contributed by atoms with Gasteiger partial charge in [0.2, 0.25) is 0 Å². The van der Waals surface area contributed by atoms with Gasteiger partial charge in [0.15, 0.2) is 5.82 Å². The average Bonchev–Trinajstić information content (AvgIpc) is 3.57. The van der Waals surface area contributed by atoms with Gasteiger partial charge >= 0.3 is 0 Å². The Bertz CT molecular complexity index is 1400. The van der Waals surface area contributed by atoms with E-state index in [1.165, 1.54) is 12.0 Å². The van der Waals surface area contributed by atoms with Gasteiger partial charge in [-0.2, -0.15) is 18.8 Å². The number of anilines is 1. The molecule has 2 aliphatic rings. The maximum Gasteiger partial charge on any atom is 0.185 e. The molecule has 1 atom stereocenters. The number of fused-ring (bicyclic) bond motifs is 5. The lowest BCUT2D eigenvalue weighted by Gasteiger charge is -2.20. The fourth-order valence-corrected chi connectivity index (χ4v) is 5.19. The molecule has 2 aliphatic heterocycles. The molecule has 0 N–H and O–H groups in total. The Morgan fingerprint density at radius 2 is 1.97 bits per heavy atom. The van der Waals surface area contributed by atoms with Crippen molar-refractivity contribution in [1.82, 2.24) is 29.2 Å². The van der Waals surface area contributed by atoms with E-state index in [4.69, 9.17) is 10.2 Å². The quantitative estimate of drug-likeness (QED) is 0.388. The molecule has 0 radical (unpaired) electrons. The van der Waals surface area contributed by atoms with Crippen molar-refractivity contribution >= 4 is 19.3 Å².